The predicted octanol–water partition coefficient (Wildman–Crippen LogP) is 3.28. The van der Waals surface area contributed by atoms with Gasteiger partial charge in [-0.25, -0.2) is 4.79 Å². The maximum atomic E-state index is 11.0. The van der Waals surface area contributed by atoms with Crippen LogP contribution >= 0.6 is 0 Å². The summed E-state index contributed by atoms with van der Waals surface area (Å²) in [6.07, 6.45) is 0. The molecule has 0 saturated heterocycles. The summed E-state index contributed by atoms with van der Waals surface area (Å²) in [4.78, 5) is 11.0. The van der Waals surface area contributed by atoms with Crippen molar-refractivity contribution in [2.24, 2.45) is 0 Å². The molecule has 0 fully saturated rings. The highest BCUT2D eigenvalue weighted by atomic mass is 16.5. The molecule has 4 nitrogen and oxygen atoms in total. The maximum absolute atomic E-state index is 11.0. The van der Waals surface area contributed by atoms with Crippen LogP contribution in [-0.4, -0.2) is 18.2 Å². The smallest absolute Gasteiger partial charge is 0.335 e. The van der Waals surface area contributed by atoms with Crippen molar-refractivity contribution in [3.05, 3.63) is 59.2 Å². The van der Waals surface area contributed by atoms with E-state index in [1.165, 1.54) is 6.07 Å². The van der Waals surface area contributed by atoms with Crippen LogP contribution in [0.4, 0.5) is 0 Å². The number of aryl methyl sites for hydroxylation is 1. The second-order valence-electron chi connectivity index (χ2n) is 4.39. The fourth-order valence-corrected chi connectivity index (χ4v) is 1.90. The highest BCUT2D eigenvalue weighted by Gasteiger charge is 2.10. The standard InChI is InChI=1S/C16H16O4/c1-11-5-3-4-6-14(11)20-10-13-9-12(16(17)18)7-8-15(13)19-2/h3-9H,10H2,1-2H3,(H,17,18). The third kappa shape index (κ3) is 3.09. The number of para-hydroxylation sites is 1. The Morgan fingerprint density at radius 2 is 1.90 bits per heavy atom. The lowest BCUT2D eigenvalue weighted by Crippen LogP contribution is -2.03. The number of carboxylic acids is 1. The molecule has 0 aromatic heterocycles. The number of ether oxygens (including phenoxy) is 2. The molecule has 0 aliphatic rings. The third-order valence-electron chi connectivity index (χ3n) is 3.00. The number of methoxy groups -OCH3 is 1. The van der Waals surface area contributed by atoms with Crippen LogP contribution in [0.2, 0.25) is 0 Å². The van der Waals surface area contributed by atoms with Gasteiger partial charge in [0.05, 0.1) is 12.7 Å². The number of carbonyl (C=O) groups is 1. The van der Waals surface area contributed by atoms with Gasteiger partial charge >= 0.3 is 5.97 Å². The Bertz CT molecular complexity index is 620. The van der Waals surface area contributed by atoms with Gasteiger partial charge in [-0.05, 0) is 36.8 Å². The van der Waals surface area contributed by atoms with E-state index in [1.807, 2.05) is 31.2 Å². The van der Waals surface area contributed by atoms with Gasteiger partial charge in [0.25, 0.3) is 0 Å². The molecule has 0 heterocycles. The second kappa shape index (κ2) is 6.10. The third-order valence-corrected chi connectivity index (χ3v) is 3.00. The molecule has 0 spiro atoms. The van der Waals surface area contributed by atoms with E-state index in [4.69, 9.17) is 14.6 Å². The fourth-order valence-electron chi connectivity index (χ4n) is 1.90. The van der Waals surface area contributed by atoms with E-state index in [0.717, 1.165) is 11.3 Å². The number of aromatic carboxylic acids is 1. The predicted molar refractivity (Wildman–Crippen MR) is 75.5 cm³/mol. The highest BCUT2D eigenvalue weighted by Crippen LogP contribution is 2.23. The van der Waals surface area contributed by atoms with Crippen molar-refractivity contribution in [3.8, 4) is 11.5 Å². The summed E-state index contributed by atoms with van der Waals surface area (Å²) < 4.78 is 11.0. The van der Waals surface area contributed by atoms with Crippen LogP contribution in [0, 0.1) is 6.92 Å². The number of hydrogen-bond donors (Lipinski definition) is 1. The largest absolute Gasteiger partial charge is 0.496 e. The van der Waals surface area contributed by atoms with Gasteiger partial charge in [0.15, 0.2) is 0 Å². The average Bonchev–Trinajstić information content (AvgIpc) is 2.46. The minimum atomic E-state index is -0.968. The number of rotatable bonds is 5. The van der Waals surface area contributed by atoms with E-state index in [2.05, 4.69) is 0 Å². The van der Waals surface area contributed by atoms with Gasteiger partial charge in [-0.1, -0.05) is 18.2 Å². The van der Waals surface area contributed by atoms with Gasteiger partial charge in [-0.3, -0.25) is 0 Å². The van der Waals surface area contributed by atoms with Crippen LogP contribution in [0.5, 0.6) is 11.5 Å². The number of carboxylic acid groups (broad SMARTS) is 1. The number of hydrogen-bond acceptors (Lipinski definition) is 3. The first-order valence-electron chi connectivity index (χ1n) is 6.20. The van der Waals surface area contributed by atoms with E-state index in [0.29, 0.717) is 11.3 Å². The van der Waals surface area contributed by atoms with Crippen LogP contribution in [0.3, 0.4) is 0 Å². The van der Waals surface area contributed by atoms with Crippen molar-refractivity contribution in [1.82, 2.24) is 0 Å². The Morgan fingerprint density at radius 1 is 1.15 bits per heavy atom. The Balaban J connectivity index is 2.22. The van der Waals surface area contributed by atoms with E-state index in [1.54, 1.807) is 19.2 Å². The number of benzene rings is 2. The maximum Gasteiger partial charge on any atom is 0.335 e. The quantitative estimate of drug-likeness (QED) is 0.907. The summed E-state index contributed by atoms with van der Waals surface area (Å²) in [5.41, 5.74) is 1.95. The van der Waals surface area contributed by atoms with E-state index < -0.39 is 5.97 Å². The minimum Gasteiger partial charge on any atom is -0.496 e. The Hall–Kier alpha value is -2.49. The van der Waals surface area contributed by atoms with Gasteiger partial charge in [0.2, 0.25) is 0 Å². The van der Waals surface area contributed by atoms with Crippen molar-refractivity contribution in [2.45, 2.75) is 13.5 Å². The van der Waals surface area contributed by atoms with Gasteiger partial charge < -0.3 is 14.6 Å². The zero-order valence-electron chi connectivity index (χ0n) is 11.4. The van der Waals surface area contributed by atoms with Gasteiger partial charge in [0, 0.05) is 5.56 Å². The molecule has 4 heteroatoms. The van der Waals surface area contributed by atoms with Crippen LogP contribution in [0.25, 0.3) is 0 Å². The molecule has 1 N–H and O–H groups in total. The minimum absolute atomic E-state index is 0.217. The fraction of sp³-hybridized carbons (Fsp3) is 0.188. The summed E-state index contributed by atoms with van der Waals surface area (Å²) in [6, 6.07) is 12.4. The first kappa shape index (κ1) is 13.9. The van der Waals surface area contributed by atoms with E-state index in [9.17, 15) is 4.79 Å². The molecule has 0 unspecified atom stereocenters. The Morgan fingerprint density at radius 3 is 2.55 bits per heavy atom. The molecule has 0 amide bonds. The summed E-state index contributed by atoms with van der Waals surface area (Å²) in [5.74, 6) is 0.420. The van der Waals surface area contributed by atoms with E-state index in [-0.39, 0.29) is 12.2 Å². The van der Waals surface area contributed by atoms with Gasteiger partial charge in [-0.2, -0.15) is 0 Å². The molecule has 20 heavy (non-hydrogen) atoms. The molecule has 0 bridgehead atoms. The van der Waals surface area contributed by atoms with Crippen LogP contribution < -0.4 is 9.47 Å². The molecule has 0 atom stereocenters. The summed E-state index contributed by atoms with van der Waals surface area (Å²) in [5, 5.41) is 9.02. The van der Waals surface area contributed by atoms with Crippen LogP contribution in [0.15, 0.2) is 42.5 Å². The monoisotopic (exact) mass is 272 g/mol. The zero-order chi connectivity index (χ0) is 14.5. The average molecular weight is 272 g/mol. The SMILES string of the molecule is COc1ccc(C(=O)O)cc1COc1ccccc1C. The lowest BCUT2D eigenvalue weighted by Gasteiger charge is -2.12. The highest BCUT2D eigenvalue weighted by molar-refractivity contribution is 5.88. The van der Waals surface area contributed by atoms with Crippen molar-refractivity contribution in [2.75, 3.05) is 7.11 Å². The van der Waals surface area contributed by atoms with Crippen molar-refractivity contribution in [3.63, 3.8) is 0 Å². The van der Waals surface area contributed by atoms with Crippen LogP contribution in [-0.2, 0) is 6.61 Å². The second-order valence-corrected chi connectivity index (χ2v) is 4.39. The van der Waals surface area contributed by atoms with Crippen molar-refractivity contribution >= 4 is 5.97 Å². The summed E-state index contributed by atoms with van der Waals surface area (Å²) >= 11 is 0. The molecule has 0 aliphatic carbocycles. The van der Waals surface area contributed by atoms with Crippen molar-refractivity contribution in [1.29, 1.82) is 0 Å². The zero-order valence-corrected chi connectivity index (χ0v) is 11.4. The Labute approximate surface area is 117 Å². The lowest BCUT2D eigenvalue weighted by molar-refractivity contribution is 0.0696. The molecular formula is C16H16O4. The summed E-state index contributed by atoms with van der Waals surface area (Å²) in [6.45, 7) is 2.22. The van der Waals surface area contributed by atoms with Crippen molar-refractivity contribution < 1.29 is 19.4 Å². The van der Waals surface area contributed by atoms with E-state index >= 15 is 0 Å². The molecule has 0 aliphatic heterocycles. The molecule has 2 aromatic carbocycles. The van der Waals surface area contributed by atoms with Crippen LogP contribution in [0.1, 0.15) is 21.5 Å². The molecular weight excluding hydrogens is 256 g/mol. The first-order chi connectivity index (χ1) is 9.61. The molecule has 104 valence electrons. The Kier molecular flexibility index (Phi) is 4.25. The molecule has 0 saturated carbocycles. The topological polar surface area (TPSA) is 55.8 Å². The summed E-state index contributed by atoms with van der Waals surface area (Å²) in [7, 11) is 1.55. The molecule has 2 aromatic rings. The first-order valence-corrected chi connectivity index (χ1v) is 6.20. The molecule has 0 radical (unpaired) electrons. The molecule has 2 rings (SSSR count). The lowest BCUT2D eigenvalue weighted by atomic mass is 10.1. The van der Waals surface area contributed by atoms with Gasteiger partial charge in [0.1, 0.15) is 18.1 Å². The normalized spacial score (nSPS) is 10.1. The van der Waals surface area contributed by atoms with Gasteiger partial charge in [-0.15, -0.1) is 0 Å².